The van der Waals surface area contributed by atoms with Gasteiger partial charge in [-0.05, 0) is 37.1 Å². The van der Waals surface area contributed by atoms with Crippen molar-refractivity contribution < 1.29 is 4.39 Å². The van der Waals surface area contributed by atoms with E-state index in [1.165, 1.54) is 5.69 Å². The monoisotopic (exact) mass is 300 g/mol. The molecule has 1 aromatic carbocycles. The van der Waals surface area contributed by atoms with Gasteiger partial charge in [0, 0.05) is 35.2 Å². The average molecular weight is 301 g/mol. The van der Waals surface area contributed by atoms with Crippen molar-refractivity contribution in [1.29, 1.82) is 0 Å². The van der Waals surface area contributed by atoms with E-state index in [2.05, 4.69) is 33.0 Å². The summed E-state index contributed by atoms with van der Waals surface area (Å²) in [5.41, 5.74) is 6.62. The van der Waals surface area contributed by atoms with Crippen molar-refractivity contribution in [2.24, 2.45) is 11.1 Å². The molecule has 0 bridgehead atoms. The van der Waals surface area contributed by atoms with Crippen LogP contribution in [-0.2, 0) is 0 Å². The predicted octanol–water partition coefficient (Wildman–Crippen LogP) is 2.96. The second-order valence-electron chi connectivity index (χ2n) is 4.80. The minimum Gasteiger partial charge on any atom is -0.371 e. The molecule has 17 heavy (non-hydrogen) atoms. The van der Waals surface area contributed by atoms with Gasteiger partial charge in [-0.25, -0.2) is 0 Å². The summed E-state index contributed by atoms with van der Waals surface area (Å²) in [5, 5.41) is 0. The van der Waals surface area contributed by atoms with Gasteiger partial charge in [-0.1, -0.05) is 15.9 Å². The second kappa shape index (κ2) is 5.36. The van der Waals surface area contributed by atoms with E-state index < -0.39 is 0 Å². The number of halogens is 2. The van der Waals surface area contributed by atoms with E-state index in [0.29, 0.717) is 6.54 Å². The van der Waals surface area contributed by atoms with E-state index in [4.69, 9.17) is 5.73 Å². The van der Waals surface area contributed by atoms with Gasteiger partial charge in [0.1, 0.15) is 0 Å². The lowest BCUT2D eigenvalue weighted by Crippen LogP contribution is -2.45. The number of piperidine rings is 1. The Bertz CT molecular complexity index is 352. The molecule has 0 amide bonds. The van der Waals surface area contributed by atoms with Crippen molar-refractivity contribution in [3.05, 3.63) is 28.7 Å². The summed E-state index contributed by atoms with van der Waals surface area (Å²) >= 11 is 3.43. The molecule has 2 N–H and O–H groups in total. The quantitative estimate of drug-likeness (QED) is 0.930. The third kappa shape index (κ3) is 2.80. The zero-order valence-electron chi connectivity index (χ0n) is 9.83. The first-order valence-corrected chi connectivity index (χ1v) is 6.75. The molecule has 1 saturated heterocycles. The highest BCUT2D eigenvalue weighted by atomic mass is 79.9. The number of nitrogens with zero attached hydrogens (tertiary/aromatic N) is 1. The van der Waals surface area contributed by atoms with Crippen LogP contribution in [0, 0.1) is 5.41 Å². The zero-order chi connectivity index (χ0) is 12.3. The Morgan fingerprint density at radius 1 is 1.24 bits per heavy atom. The standard InChI is InChI=1S/C13H18BrFN2/c14-11-1-3-12(4-2-11)17-7-5-13(9-15,10-16)6-8-17/h1-4H,5-10,16H2. The van der Waals surface area contributed by atoms with Crippen LogP contribution < -0.4 is 10.6 Å². The van der Waals surface area contributed by atoms with Crippen molar-refractivity contribution in [2.75, 3.05) is 31.2 Å². The lowest BCUT2D eigenvalue weighted by molar-refractivity contribution is 0.168. The molecular formula is C13H18BrFN2. The average Bonchev–Trinajstić information content (AvgIpc) is 2.40. The molecule has 2 rings (SSSR count). The third-order valence-corrected chi connectivity index (χ3v) is 4.26. The Kier molecular flexibility index (Phi) is 4.05. The molecule has 4 heteroatoms. The van der Waals surface area contributed by atoms with Crippen LogP contribution in [0.4, 0.5) is 10.1 Å². The van der Waals surface area contributed by atoms with E-state index in [1.807, 2.05) is 12.1 Å². The maximum Gasteiger partial charge on any atom is 0.0964 e. The van der Waals surface area contributed by atoms with Gasteiger partial charge in [0.25, 0.3) is 0 Å². The van der Waals surface area contributed by atoms with Gasteiger partial charge >= 0.3 is 0 Å². The Hall–Kier alpha value is -0.610. The Morgan fingerprint density at radius 3 is 2.29 bits per heavy atom. The topological polar surface area (TPSA) is 29.3 Å². The van der Waals surface area contributed by atoms with Crippen molar-refractivity contribution in [3.63, 3.8) is 0 Å². The van der Waals surface area contributed by atoms with Crippen molar-refractivity contribution in [2.45, 2.75) is 12.8 Å². The second-order valence-corrected chi connectivity index (χ2v) is 5.72. The normalized spacial score (nSPS) is 19.4. The molecule has 1 aliphatic heterocycles. The lowest BCUT2D eigenvalue weighted by atomic mass is 9.79. The molecule has 2 nitrogen and oxygen atoms in total. The van der Waals surface area contributed by atoms with E-state index in [1.54, 1.807) is 0 Å². The van der Waals surface area contributed by atoms with Crippen LogP contribution in [-0.4, -0.2) is 26.3 Å². The van der Waals surface area contributed by atoms with Gasteiger partial charge in [-0.2, -0.15) is 0 Å². The maximum atomic E-state index is 13.0. The first-order chi connectivity index (χ1) is 8.19. The molecular weight excluding hydrogens is 283 g/mol. The summed E-state index contributed by atoms with van der Waals surface area (Å²) in [6.07, 6.45) is 1.69. The van der Waals surface area contributed by atoms with Crippen LogP contribution in [0.1, 0.15) is 12.8 Å². The lowest BCUT2D eigenvalue weighted by Gasteiger charge is -2.40. The molecule has 0 aromatic heterocycles. The highest BCUT2D eigenvalue weighted by Crippen LogP contribution is 2.33. The van der Waals surface area contributed by atoms with Gasteiger partial charge in [-0.15, -0.1) is 0 Å². The molecule has 1 heterocycles. The van der Waals surface area contributed by atoms with Crippen LogP contribution in [0.3, 0.4) is 0 Å². The molecule has 0 atom stereocenters. The molecule has 1 fully saturated rings. The summed E-state index contributed by atoms with van der Waals surface area (Å²) < 4.78 is 14.1. The molecule has 1 aliphatic rings. The fraction of sp³-hybridized carbons (Fsp3) is 0.538. The number of rotatable bonds is 3. The van der Waals surface area contributed by atoms with E-state index in [-0.39, 0.29) is 12.1 Å². The Labute approximate surface area is 110 Å². The number of hydrogen-bond donors (Lipinski definition) is 1. The summed E-state index contributed by atoms with van der Waals surface area (Å²) in [6.45, 7) is 1.95. The summed E-state index contributed by atoms with van der Waals surface area (Å²) in [6, 6.07) is 8.26. The zero-order valence-corrected chi connectivity index (χ0v) is 11.4. The highest BCUT2D eigenvalue weighted by Gasteiger charge is 2.33. The van der Waals surface area contributed by atoms with Gasteiger partial charge in [0.2, 0.25) is 0 Å². The van der Waals surface area contributed by atoms with Crippen LogP contribution in [0.2, 0.25) is 0 Å². The SMILES string of the molecule is NCC1(CF)CCN(c2ccc(Br)cc2)CC1. The molecule has 0 unspecified atom stereocenters. The van der Waals surface area contributed by atoms with E-state index in [9.17, 15) is 4.39 Å². The number of anilines is 1. The smallest absolute Gasteiger partial charge is 0.0964 e. The number of benzene rings is 1. The highest BCUT2D eigenvalue weighted by molar-refractivity contribution is 9.10. The third-order valence-electron chi connectivity index (χ3n) is 3.73. The fourth-order valence-electron chi connectivity index (χ4n) is 2.28. The van der Waals surface area contributed by atoms with Gasteiger partial charge in [0.05, 0.1) is 6.67 Å². The predicted molar refractivity (Wildman–Crippen MR) is 73.1 cm³/mol. The number of nitrogens with two attached hydrogens (primary N) is 1. The van der Waals surface area contributed by atoms with E-state index >= 15 is 0 Å². The summed E-state index contributed by atoms with van der Waals surface area (Å²) in [5.74, 6) is 0. The minimum atomic E-state index is -0.294. The largest absolute Gasteiger partial charge is 0.371 e. The fourth-order valence-corrected chi connectivity index (χ4v) is 2.55. The van der Waals surface area contributed by atoms with Crippen LogP contribution in [0.25, 0.3) is 0 Å². The first-order valence-electron chi connectivity index (χ1n) is 5.96. The van der Waals surface area contributed by atoms with Crippen LogP contribution >= 0.6 is 15.9 Å². The van der Waals surface area contributed by atoms with Crippen LogP contribution in [0.15, 0.2) is 28.7 Å². The Balaban J connectivity index is 2.01. The summed E-state index contributed by atoms with van der Waals surface area (Å²) in [7, 11) is 0. The van der Waals surface area contributed by atoms with Gasteiger partial charge < -0.3 is 10.6 Å². The Morgan fingerprint density at radius 2 is 1.82 bits per heavy atom. The molecule has 0 radical (unpaired) electrons. The van der Waals surface area contributed by atoms with Gasteiger partial charge in [-0.3, -0.25) is 4.39 Å². The molecule has 1 aromatic rings. The van der Waals surface area contributed by atoms with Crippen LogP contribution in [0.5, 0.6) is 0 Å². The first kappa shape index (κ1) is 12.8. The molecule has 94 valence electrons. The summed E-state index contributed by atoms with van der Waals surface area (Å²) in [4.78, 5) is 2.30. The maximum absolute atomic E-state index is 13.0. The van der Waals surface area contributed by atoms with Crippen molar-refractivity contribution in [1.82, 2.24) is 0 Å². The molecule has 0 saturated carbocycles. The number of alkyl halides is 1. The molecule has 0 aliphatic carbocycles. The van der Waals surface area contributed by atoms with Crippen molar-refractivity contribution in [3.8, 4) is 0 Å². The van der Waals surface area contributed by atoms with Crippen molar-refractivity contribution >= 4 is 21.6 Å². The molecule has 0 spiro atoms. The number of hydrogen-bond acceptors (Lipinski definition) is 2. The minimum absolute atomic E-state index is 0.272. The van der Waals surface area contributed by atoms with Gasteiger partial charge in [0.15, 0.2) is 0 Å². The van der Waals surface area contributed by atoms with E-state index in [0.717, 1.165) is 30.4 Å².